The van der Waals surface area contributed by atoms with E-state index in [1.54, 1.807) is 6.21 Å². The molecule has 0 bridgehead atoms. The Morgan fingerprint density at radius 1 is 1.12 bits per heavy atom. The van der Waals surface area contributed by atoms with Gasteiger partial charge >= 0.3 is 0 Å². The standard InChI is InChI=1S/C27H24N2O3/c1-15(2)32-17-8-10-18-16(13-17)7-9-20-23(18)25-21(14-28-27(25)31)24-19-5-3-4-6-22(19)29(11-12-30)26(20)24/h3-6,8,10,13-15,30H,7,9,11-12H2,1-2H3. The van der Waals surface area contributed by atoms with E-state index in [-0.39, 0.29) is 18.6 Å². The summed E-state index contributed by atoms with van der Waals surface area (Å²) in [4.78, 5) is 17.2. The molecule has 1 aliphatic carbocycles. The summed E-state index contributed by atoms with van der Waals surface area (Å²) in [7, 11) is 0. The number of fused-ring (bicyclic) bond motifs is 10. The highest BCUT2D eigenvalue weighted by molar-refractivity contribution is 6.28. The second-order valence-corrected chi connectivity index (χ2v) is 8.81. The van der Waals surface area contributed by atoms with Gasteiger partial charge in [0.2, 0.25) is 0 Å². The summed E-state index contributed by atoms with van der Waals surface area (Å²) in [6.45, 7) is 4.61. The van der Waals surface area contributed by atoms with Crippen LogP contribution in [0.1, 0.15) is 40.9 Å². The number of amides is 1. The number of ether oxygens (including phenoxy) is 1. The zero-order valence-corrected chi connectivity index (χ0v) is 18.2. The van der Waals surface area contributed by atoms with Crippen molar-refractivity contribution in [3.63, 3.8) is 0 Å². The predicted octanol–water partition coefficient (Wildman–Crippen LogP) is 4.91. The Balaban J connectivity index is 1.73. The van der Waals surface area contributed by atoms with Crippen molar-refractivity contribution in [3.8, 4) is 16.9 Å². The largest absolute Gasteiger partial charge is 0.491 e. The Morgan fingerprint density at radius 3 is 2.78 bits per heavy atom. The number of nitrogens with zero attached hydrogens (tertiary/aromatic N) is 2. The van der Waals surface area contributed by atoms with E-state index in [9.17, 15) is 9.90 Å². The van der Waals surface area contributed by atoms with Gasteiger partial charge in [0.15, 0.2) is 0 Å². The van der Waals surface area contributed by atoms with Crippen molar-refractivity contribution in [2.24, 2.45) is 4.99 Å². The molecule has 1 aliphatic heterocycles. The van der Waals surface area contributed by atoms with Crippen molar-refractivity contribution in [1.82, 2.24) is 4.57 Å². The van der Waals surface area contributed by atoms with Crippen molar-refractivity contribution < 1.29 is 14.6 Å². The summed E-state index contributed by atoms with van der Waals surface area (Å²) >= 11 is 0. The van der Waals surface area contributed by atoms with E-state index >= 15 is 0 Å². The van der Waals surface area contributed by atoms with Crippen LogP contribution >= 0.6 is 0 Å². The first-order valence-corrected chi connectivity index (χ1v) is 11.2. The van der Waals surface area contributed by atoms with Crippen LogP contribution in [-0.4, -0.2) is 34.5 Å². The number of aliphatic imine (C=N–C) groups is 1. The number of hydrogen-bond acceptors (Lipinski definition) is 3. The molecular formula is C27H24N2O3. The van der Waals surface area contributed by atoms with Crippen LogP contribution in [0.3, 0.4) is 0 Å². The van der Waals surface area contributed by atoms with Crippen molar-refractivity contribution in [2.75, 3.05) is 6.61 Å². The van der Waals surface area contributed by atoms with E-state index in [0.717, 1.165) is 57.1 Å². The van der Waals surface area contributed by atoms with Crippen LogP contribution in [0.15, 0.2) is 47.5 Å². The van der Waals surface area contributed by atoms with E-state index in [1.165, 1.54) is 11.1 Å². The molecule has 1 N–H and O–H groups in total. The molecule has 1 amide bonds. The van der Waals surface area contributed by atoms with Crippen LogP contribution in [0.25, 0.3) is 32.9 Å². The highest BCUT2D eigenvalue weighted by atomic mass is 16.5. The van der Waals surface area contributed by atoms with Crippen LogP contribution in [0.4, 0.5) is 0 Å². The van der Waals surface area contributed by atoms with Crippen LogP contribution in [0.2, 0.25) is 0 Å². The molecule has 3 aromatic carbocycles. The van der Waals surface area contributed by atoms with Crippen molar-refractivity contribution in [1.29, 1.82) is 0 Å². The van der Waals surface area contributed by atoms with E-state index < -0.39 is 0 Å². The van der Waals surface area contributed by atoms with Gasteiger partial charge in [0, 0.05) is 40.2 Å². The van der Waals surface area contributed by atoms with Gasteiger partial charge in [-0.1, -0.05) is 24.3 Å². The molecule has 0 unspecified atom stereocenters. The van der Waals surface area contributed by atoms with Gasteiger partial charge in [0.25, 0.3) is 5.91 Å². The normalized spacial score (nSPS) is 14.3. The van der Waals surface area contributed by atoms with E-state index in [2.05, 4.69) is 33.8 Å². The molecule has 5 heteroatoms. The second-order valence-electron chi connectivity index (χ2n) is 8.81. The van der Waals surface area contributed by atoms with Gasteiger partial charge < -0.3 is 14.4 Å². The maximum atomic E-state index is 13.0. The maximum absolute atomic E-state index is 13.0. The minimum atomic E-state index is -0.174. The lowest BCUT2D eigenvalue weighted by Crippen LogP contribution is -2.13. The molecule has 160 valence electrons. The summed E-state index contributed by atoms with van der Waals surface area (Å²) in [5, 5.41) is 12.0. The summed E-state index contributed by atoms with van der Waals surface area (Å²) in [6.07, 6.45) is 3.53. The summed E-state index contributed by atoms with van der Waals surface area (Å²) < 4.78 is 8.13. The van der Waals surface area contributed by atoms with Crippen LogP contribution in [0, 0.1) is 0 Å². The molecule has 32 heavy (non-hydrogen) atoms. The average molecular weight is 425 g/mol. The molecule has 0 saturated heterocycles. The fourth-order valence-electron chi connectivity index (χ4n) is 5.46. The molecule has 6 rings (SSSR count). The number of benzene rings is 3. The SMILES string of the molecule is CC(C)Oc1ccc2c(c1)CCc1c-2c2c(c3c4ccccc4n(CCO)c13)C=NC2=O. The lowest BCUT2D eigenvalue weighted by Gasteiger charge is -2.25. The van der Waals surface area contributed by atoms with Gasteiger partial charge in [-0.05, 0) is 61.6 Å². The second kappa shape index (κ2) is 7.04. The number of aromatic nitrogens is 1. The fraction of sp³-hybridized carbons (Fsp3) is 0.259. The van der Waals surface area contributed by atoms with Gasteiger partial charge in [0.05, 0.1) is 23.8 Å². The molecule has 1 aromatic heterocycles. The first-order chi connectivity index (χ1) is 15.6. The zero-order valence-electron chi connectivity index (χ0n) is 18.2. The van der Waals surface area contributed by atoms with Crippen LogP contribution < -0.4 is 4.74 Å². The molecular weight excluding hydrogens is 400 g/mol. The highest BCUT2D eigenvalue weighted by Gasteiger charge is 2.33. The molecule has 0 atom stereocenters. The Morgan fingerprint density at radius 2 is 1.97 bits per heavy atom. The highest BCUT2D eigenvalue weighted by Crippen LogP contribution is 2.47. The molecule has 0 spiro atoms. The zero-order chi connectivity index (χ0) is 22.0. The van der Waals surface area contributed by atoms with E-state index in [4.69, 9.17) is 4.74 Å². The van der Waals surface area contributed by atoms with Gasteiger partial charge in [-0.3, -0.25) is 4.79 Å². The quantitative estimate of drug-likeness (QED) is 0.506. The van der Waals surface area contributed by atoms with Crippen molar-refractivity contribution >= 4 is 33.9 Å². The third-order valence-corrected chi connectivity index (χ3v) is 6.56. The van der Waals surface area contributed by atoms with Gasteiger partial charge in [0.1, 0.15) is 5.75 Å². The smallest absolute Gasteiger partial charge is 0.278 e. The Hall–Kier alpha value is -3.44. The van der Waals surface area contributed by atoms with Gasteiger partial charge in [-0.2, -0.15) is 0 Å². The van der Waals surface area contributed by atoms with E-state index in [0.29, 0.717) is 12.1 Å². The molecule has 5 nitrogen and oxygen atoms in total. The lowest BCUT2D eigenvalue weighted by atomic mass is 9.80. The number of para-hydroxylation sites is 1. The Bertz CT molecular complexity index is 1460. The fourth-order valence-corrected chi connectivity index (χ4v) is 5.46. The number of hydrogen-bond donors (Lipinski definition) is 1. The van der Waals surface area contributed by atoms with Crippen molar-refractivity contribution in [3.05, 3.63) is 64.7 Å². The first-order valence-electron chi connectivity index (χ1n) is 11.2. The molecule has 0 radical (unpaired) electrons. The summed E-state index contributed by atoms with van der Waals surface area (Å²) in [6, 6.07) is 14.4. The molecule has 4 aromatic rings. The van der Waals surface area contributed by atoms with Crippen molar-refractivity contribution in [2.45, 2.75) is 39.3 Å². The third kappa shape index (κ3) is 2.61. The number of aliphatic hydroxyl groups excluding tert-OH is 1. The number of aryl methyl sites for hydroxylation is 2. The summed E-state index contributed by atoms with van der Waals surface area (Å²) in [5.74, 6) is 0.685. The van der Waals surface area contributed by atoms with Crippen LogP contribution in [0.5, 0.6) is 5.75 Å². The van der Waals surface area contributed by atoms with Gasteiger partial charge in [-0.15, -0.1) is 0 Å². The average Bonchev–Trinajstić information content (AvgIpc) is 3.32. The topological polar surface area (TPSA) is 63.8 Å². The summed E-state index contributed by atoms with van der Waals surface area (Å²) in [5.41, 5.74) is 8.24. The van der Waals surface area contributed by atoms with Crippen LogP contribution in [-0.2, 0) is 19.4 Å². The lowest BCUT2D eigenvalue weighted by molar-refractivity contribution is 0.101. The molecule has 2 heterocycles. The minimum absolute atomic E-state index is 0.0547. The molecule has 2 aliphatic rings. The third-order valence-electron chi connectivity index (χ3n) is 6.56. The number of aliphatic hydroxyl groups is 1. The number of carbonyl (C=O) groups excluding carboxylic acids is 1. The van der Waals surface area contributed by atoms with Gasteiger partial charge in [-0.25, -0.2) is 4.99 Å². The Kier molecular flexibility index (Phi) is 4.24. The Labute approximate surface area is 186 Å². The minimum Gasteiger partial charge on any atom is -0.491 e. The van der Waals surface area contributed by atoms with E-state index in [1.807, 2.05) is 32.0 Å². The first kappa shape index (κ1) is 19.3. The monoisotopic (exact) mass is 424 g/mol. The molecule has 0 saturated carbocycles. The number of carbonyl (C=O) groups is 1. The number of rotatable bonds is 4. The maximum Gasteiger partial charge on any atom is 0.278 e. The predicted molar refractivity (Wildman–Crippen MR) is 127 cm³/mol. The molecule has 0 fully saturated rings.